The maximum absolute atomic E-state index is 13.0. The summed E-state index contributed by atoms with van der Waals surface area (Å²) in [4.78, 5) is 23.7. The van der Waals surface area contributed by atoms with E-state index < -0.39 is 36.6 Å². The summed E-state index contributed by atoms with van der Waals surface area (Å²) >= 11 is 0. The van der Waals surface area contributed by atoms with Crippen molar-refractivity contribution in [3.05, 3.63) is 12.4 Å². The number of carboxylic acids is 1. The van der Waals surface area contributed by atoms with E-state index in [1.165, 1.54) is 17.1 Å². The fourth-order valence-corrected chi connectivity index (χ4v) is 2.20. The zero-order valence-electron chi connectivity index (χ0n) is 11.0. The minimum absolute atomic E-state index is 0.280. The molecule has 0 saturated carbocycles. The highest BCUT2D eigenvalue weighted by atomic mass is 19.4. The fraction of sp³-hybridized carbons (Fsp3) is 0.545. The average molecular weight is 306 g/mol. The molecule has 0 bridgehead atoms. The number of amides is 2. The normalized spacial score (nSPS) is 22.4. The third-order valence-corrected chi connectivity index (χ3v) is 3.46. The Labute approximate surface area is 117 Å². The van der Waals surface area contributed by atoms with Crippen LogP contribution in [-0.4, -0.2) is 51.1 Å². The van der Waals surface area contributed by atoms with E-state index in [-0.39, 0.29) is 6.54 Å². The highest BCUT2D eigenvalue weighted by molar-refractivity contribution is 5.90. The molecule has 1 fully saturated rings. The molecule has 1 aromatic heterocycles. The van der Waals surface area contributed by atoms with Crippen LogP contribution in [0.4, 0.5) is 23.7 Å². The van der Waals surface area contributed by atoms with E-state index in [4.69, 9.17) is 5.11 Å². The second-order valence-corrected chi connectivity index (χ2v) is 4.89. The summed E-state index contributed by atoms with van der Waals surface area (Å²) in [6.45, 7) is -1.18. The van der Waals surface area contributed by atoms with Gasteiger partial charge >= 0.3 is 18.2 Å². The van der Waals surface area contributed by atoms with Crippen molar-refractivity contribution in [2.45, 2.75) is 12.6 Å². The Hall–Kier alpha value is -2.26. The molecule has 1 saturated heterocycles. The number of aryl methyl sites for hydroxylation is 1. The van der Waals surface area contributed by atoms with Crippen molar-refractivity contribution in [3.63, 3.8) is 0 Å². The molecule has 1 aromatic rings. The van der Waals surface area contributed by atoms with Gasteiger partial charge in [-0.2, -0.15) is 18.3 Å². The van der Waals surface area contributed by atoms with Crippen molar-refractivity contribution in [2.24, 2.45) is 12.5 Å². The quantitative estimate of drug-likeness (QED) is 0.862. The molecule has 21 heavy (non-hydrogen) atoms. The molecule has 2 amide bonds. The van der Waals surface area contributed by atoms with Crippen molar-refractivity contribution in [2.75, 3.05) is 18.4 Å². The molecule has 2 N–H and O–H groups in total. The summed E-state index contributed by atoms with van der Waals surface area (Å²) in [5, 5.41) is 15.1. The first-order valence-electron chi connectivity index (χ1n) is 6.00. The molecule has 0 aliphatic carbocycles. The number of aromatic nitrogens is 2. The lowest BCUT2D eigenvalue weighted by Crippen LogP contribution is -2.48. The largest absolute Gasteiger partial charge is 0.481 e. The standard InChI is InChI=1S/C11H13F3N4O3/c1-17-5-7(4-15-17)16-9(21)18-3-2-10(6-18,8(19)20)11(12,13)14/h4-5H,2-3,6H2,1H3,(H,16,21)(H,19,20). The van der Waals surface area contributed by atoms with E-state index in [1.807, 2.05) is 0 Å². The number of carbonyl (C=O) groups is 2. The van der Waals surface area contributed by atoms with Crippen LogP contribution in [0, 0.1) is 5.41 Å². The average Bonchev–Trinajstić information content (AvgIpc) is 2.95. The van der Waals surface area contributed by atoms with Crippen LogP contribution in [-0.2, 0) is 11.8 Å². The summed E-state index contributed by atoms with van der Waals surface area (Å²) in [6.07, 6.45) is -2.77. The van der Waals surface area contributed by atoms with Crippen LogP contribution in [0.5, 0.6) is 0 Å². The number of carbonyl (C=O) groups excluding carboxylic acids is 1. The van der Waals surface area contributed by atoms with Crippen LogP contribution in [0.3, 0.4) is 0 Å². The lowest BCUT2D eigenvalue weighted by molar-refractivity contribution is -0.226. The van der Waals surface area contributed by atoms with Gasteiger partial charge in [-0.05, 0) is 6.42 Å². The monoisotopic (exact) mass is 306 g/mol. The van der Waals surface area contributed by atoms with E-state index >= 15 is 0 Å². The smallest absolute Gasteiger partial charge is 0.406 e. The molecule has 10 heteroatoms. The minimum atomic E-state index is -4.91. The van der Waals surface area contributed by atoms with Gasteiger partial charge in [0, 0.05) is 26.3 Å². The maximum Gasteiger partial charge on any atom is 0.406 e. The van der Waals surface area contributed by atoms with Crippen LogP contribution >= 0.6 is 0 Å². The zero-order chi connectivity index (χ0) is 15.8. The number of urea groups is 1. The summed E-state index contributed by atoms with van der Waals surface area (Å²) in [5.74, 6) is -1.97. The van der Waals surface area contributed by atoms with Gasteiger partial charge < -0.3 is 15.3 Å². The Kier molecular flexibility index (Phi) is 3.56. The number of carboxylic acid groups (broad SMARTS) is 1. The van der Waals surface area contributed by atoms with Crippen molar-refractivity contribution in [1.29, 1.82) is 0 Å². The van der Waals surface area contributed by atoms with Crippen LogP contribution < -0.4 is 5.32 Å². The van der Waals surface area contributed by atoms with Gasteiger partial charge in [-0.1, -0.05) is 0 Å². The molecule has 7 nitrogen and oxygen atoms in total. The van der Waals surface area contributed by atoms with Gasteiger partial charge in [-0.15, -0.1) is 0 Å². The maximum atomic E-state index is 13.0. The number of aliphatic carboxylic acids is 1. The molecular formula is C11H13F3N4O3. The molecule has 0 aromatic carbocycles. The topological polar surface area (TPSA) is 87.5 Å². The summed E-state index contributed by atoms with van der Waals surface area (Å²) in [5.41, 5.74) is -2.58. The Morgan fingerprint density at radius 1 is 1.48 bits per heavy atom. The van der Waals surface area contributed by atoms with Crippen LogP contribution in [0.15, 0.2) is 12.4 Å². The van der Waals surface area contributed by atoms with Gasteiger partial charge in [0.15, 0.2) is 5.41 Å². The SMILES string of the molecule is Cn1cc(NC(=O)N2CCC(C(=O)O)(C(F)(F)F)C2)cn1. The Balaban J connectivity index is 2.10. The Morgan fingerprint density at radius 2 is 2.14 bits per heavy atom. The van der Waals surface area contributed by atoms with Crippen molar-refractivity contribution < 1.29 is 27.9 Å². The molecule has 1 aliphatic rings. The third-order valence-electron chi connectivity index (χ3n) is 3.46. The van der Waals surface area contributed by atoms with Crippen LogP contribution in [0.25, 0.3) is 0 Å². The van der Waals surface area contributed by atoms with E-state index in [0.717, 1.165) is 4.90 Å². The zero-order valence-corrected chi connectivity index (χ0v) is 11.0. The number of likely N-dealkylation sites (tertiary alicyclic amines) is 1. The van der Waals surface area contributed by atoms with Crippen molar-refractivity contribution in [3.8, 4) is 0 Å². The predicted octanol–water partition coefficient (Wildman–Crippen LogP) is 1.29. The number of hydrogen-bond donors (Lipinski definition) is 2. The van der Waals surface area contributed by atoms with Gasteiger partial charge in [0.05, 0.1) is 11.9 Å². The lowest BCUT2D eigenvalue weighted by Gasteiger charge is -2.27. The number of nitrogens with zero attached hydrogens (tertiary/aromatic N) is 3. The molecule has 2 rings (SSSR count). The Bertz CT molecular complexity index is 571. The molecule has 0 spiro atoms. The first-order valence-corrected chi connectivity index (χ1v) is 6.00. The summed E-state index contributed by atoms with van der Waals surface area (Å²) < 4.78 is 40.4. The summed E-state index contributed by atoms with van der Waals surface area (Å²) in [6, 6.07) is -0.782. The number of hydrogen-bond acceptors (Lipinski definition) is 3. The van der Waals surface area contributed by atoms with Gasteiger partial charge in [0.1, 0.15) is 0 Å². The Morgan fingerprint density at radius 3 is 2.57 bits per heavy atom. The highest BCUT2D eigenvalue weighted by Crippen LogP contribution is 2.45. The predicted molar refractivity (Wildman–Crippen MR) is 64.5 cm³/mol. The minimum Gasteiger partial charge on any atom is -0.481 e. The van der Waals surface area contributed by atoms with Crippen molar-refractivity contribution >= 4 is 17.7 Å². The fourth-order valence-electron chi connectivity index (χ4n) is 2.20. The molecular weight excluding hydrogens is 293 g/mol. The number of anilines is 1. The van der Waals surface area contributed by atoms with E-state index in [0.29, 0.717) is 5.69 Å². The number of halogens is 3. The van der Waals surface area contributed by atoms with E-state index in [9.17, 15) is 22.8 Å². The van der Waals surface area contributed by atoms with Crippen LogP contribution in [0.1, 0.15) is 6.42 Å². The second kappa shape index (κ2) is 4.93. The lowest BCUT2D eigenvalue weighted by atomic mass is 9.86. The molecule has 0 radical (unpaired) electrons. The molecule has 116 valence electrons. The second-order valence-electron chi connectivity index (χ2n) is 4.89. The first-order chi connectivity index (χ1) is 9.65. The molecule has 1 atom stereocenters. The number of rotatable bonds is 2. The molecule has 2 heterocycles. The highest BCUT2D eigenvalue weighted by Gasteiger charge is 2.64. The van der Waals surface area contributed by atoms with Crippen LogP contribution in [0.2, 0.25) is 0 Å². The van der Waals surface area contributed by atoms with Gasteiger partial charge in [0.25, 0.3) is 0 Å². The van der Waals surface area contributed by atoms with Gasteiger partial charge in [-0.3, -0.25) is 9.48 Å². The van der Waals surface area contributed by atoms with Gasteiger partial charge in [0.2, 0.25) is 0 Å². The van der Waals surface area contributed by atoms with Crippen molar-refractivity contribution in [1.82, 2.24) is 14.7 Å². The number of alkyl halides is 3. The van der Waals surface area contributed by atoms with E-state index in [1.54, 1.807) is 7.05 Å². The third kappa shape index (κ3) is 2.65. The van der Waals surface area contributed by atoms with E-state index in [2.05, 4.69) is 10.4 Å². The number of nitrogens with one attached hydrogen (secondary N) is 1. The summed E-state index contributed by atoms with van der Waals surface area (Å²) in [7, 11) is 1.62. The first kappa shape index (κ1) is 15.1. The molecule has 1 unspecified atom stereocenters. The molecule has 1 aliphatic heterocycles. The van der Waals surface area contributed by atoms with Gasteiger partial charge in [-0.25, -0.2) is 4.79 Å².